The second kappa shape index (κ2) is 10.4. The van der Waals surface area contributed by atoms with Gasteiger partial charge in [0.1, 0.15) is 0 Å². The molecule has 0 aliphatic rings. The minimum atomic E-state index is -0.596. The molecule has 172 valence electrons. The maximum absolute atomic E-state index is 13.0. The number of halogens is 1. The number of urea groups is 1. The van der Waals surface area contributed by atoms with Crippen LogP contribution in [0.25, 0.3) is 0 Å². The van der Waals surface area contributed by atoms with Gasteiger partial charge in [-0.1, -0.05) is 41.9 Å². The standard InChI is InChI=1S/C25H28ClN5O2/c1-25(2,28)16-31(24(33)29-20-7-5-6-19(26)14-20)15-17-10-12-18(13-11-17)23(32)30-22-9-4-3-8-21(22)27/h3-14H,15-16,27-28H2,1-2H3,(H,29,33)(H,30,32). The van der Waals surface area contributed by atoms with Crippen LogP contribution in [0.3, 0.4) is 0 Å². The number of amides is 3. The van der Waals surface area contributed by atoms with Gasteiger partial charge in [-0.25, -0.2) is 4.79 Å². The van der Waals surface area contributed by atoms with Gasteiger partial charge in [0.25, 0.3) is 5.91 Å². The van der Waals surface area contributed by atoms with E-state index in [1.54, 1.807) is 65.6 Å². The molecule has 0 saturated heterocycles. The molecule has 0 radical (unpaired) electrons. The summed E-state index contributed by atoms with van der Waals surface area (Å²) in [5.74, 6) is -0.266. The highest BCUT2D eigenvalue weighted by molar-refractivity contribution is 6.30. The number of nitrogens with one attached hydrogen (secondary N) is 2. The molecule has 6 N–H and O–H groups in total. The molecule has 0 unspecified atom stereocenters. The van der Waals surface area contributed by atoms with Gasteiger partial charge in [-0.05, 0) is 61.9 Å². The maximum atomic E-state index is 13.0. The van der Waals surface area contributed by atoms with Crippen LogP contribution >= 0.6 is 11.6 Å². The molecule has 0 atom stereocenters. The predicted molar refractivity (Wildman–Crippen MR) is 134 cm³/mol. The highest BCUT2D eigenvalue weighted by Gasteiger charge is 2.22. The van der Waals surface area contributed by atoms with Crippen molar-refractivity contribution in [2.75, 3.05) is 22.9 Å². The van der Waals surface area contributed by atoms with E-state index in [4.69, 9.17) is 23.1 Å². The van der Waals surface area contributed by atoms with Gasteiger partial charge >= 0.3 is 6.03 Å². The molecule has 3 rings (SSSR count). The summed E-state index contributed by atoms with van der Waals surface area (Å²) in [7, 11) is 0. The van der Waals surface area contributed by atoms with E-state index < -0.39 is 5.54 Å². The second-order valence-corrected chi connectivity index (χ2v) is 8.96. The Morgan fingerprint density at radius 1 is 0.970 bits per heavy atom. The van der Waals surface area contributed by atoms with Crippen molar-refractivity contribution < 1.29 is 9.59 Å². The number of nitrogens with zero attached hydrogens (tertiary/aromatic N) is 1. The summed E-state index contributed by atoms with van der Waals surface area (Å²) in [5.41, 5.74) is 14.5. The largest absolute Gasteiger partial charge is 0.397 e. The molecule has 7 nitrogen and oxygen atoms in total. The van der Waals surface area contributed by atoms with Gasteiger partial charge in [0.05, 0.1) is 11.4 Å². The number of para-hydroxylation sites is 2. The average Bonchev–Trinajstić information content (AvgIpc) is 2.74. The van der Waals surface area contributed by atoms with Gasteiger partial charge in [0, 0.05) is 34.9 Å². The Morgan fingerprint density at radius 2 is 1.67 bits per heavy atom. The molecule has 3 aromatic rings. The third kappa shape index (κ3) is 7.24. The van der Waals surface area contributed by atoms with Crippen LogP contribution in [0.1, 0.15) is 29.8 Å². The van der Waals surface area contributed by atoms with E-state index in [0.29, 0.717) is 40.7 Å². The fourth-order valence-electron chi connectivity index (χ4n) is 3.25. The number of hydrogen-bond acceptors (Lipinski definition) is 4. The minimum absolute atomic E-state index is 0.266. The fraction of sp³-hybridized carbons (Fsp3) is 0.200. The van der Waals surface area contributed by atoms with E-state index in [2.05, 4.69) is 10.6 Å². The van der Waals surface area contributed by atoms with Crippen LogP contribution in [0.15, 0.2) is 72.8 Å². The second-order valence-electron chi connectivity index (χ2n) is 8.52. The molecule has 0 aliphatic heterocycles. The van der Waals surface area contributed by atoms with Crippen molar-refractivity contribution in [3.63, 3.8) is 0 Å². The number of rotatable bonds is 7. The van der Waals surface area contributed by atoms with Crippen LogP contribution in [-0.2, 0) is 6.54 Å². The van der Waals surface area contributed by atoms with Crippen molar-refractivity contribution in [3.8, 4) is 0 Å². The number of nitrogens with two attached hydrogens (primary N) is 2. The molecule has 3 aromatic carbocycles. The molecule has 0 heterocycles. The van der Waals surface area contributed by atoms with E-state index in [0.717, 1.165) is 5.56 Å². The van der Waals surface area contributed by atoms with E-state index in [-0.39, 0.29) is 11.9 Å². The maximum Gasteiger partial charge on any atom is 0.322 e. The average molecular weight is 466 g/mol. The first-order valence-corrected chi connectivity index (χ1v) is 10.8. The Morgan fingerprint density at radius 3 is 2.30 bits per heavy atom. The summed E-state index contributed by atoms with van der Waals surface area (Å²) in [6.07, 6.45) is 0. The normalized spacial score (nSPS) is 11.0. The van der Waals surface area contributed by atoms with Gasteiger partial charge in [0.15, 0.2) is 0 Å². The number of hydrogen-bond donors (Lipinski definition) is 4. The number of nitrogen functional groups attached to an aromatic ring is 1. The summed E-state index contributed by atoms with van der Waals surface area (Å²) in [6.45, 7) is 4.36. The lowest BCUT2D eigenvalue weighted by Crippen LogP contribution is -2.48. The van der Waals surface area contributed by atoms with Gasteiger partial charge in [-0.15, -0.1) is 0 Å². The molecule has 3 amide bonds. The van der Waals surface area contributed by atoms with Crippen molar-refractivity contribution in [2.45, 2.75) is 25.9 Å². The van der Waals surface area contributed by atoms with Crippen LogP contribution in [0.5, 0.6) is 0 Å². The lowest BCUT2D eigenvalue weighted by molar-refractivity contribution is 0.102. The molecule has 0 aliphatic carbocycles. The van der Waals surface area contributed by atoms with Gasteiger partial charge < -0.3 is 27.0 Å². The lowest BCUT2D eigenvalue weighted by Gasteiger charge is -2.30. The zero-order valence-corrected chi connectivity index (χ0v) is 19.4. The summed E-state index contributed by atoms with van der Waals surface area (Å²) in [5, 5.41) is 6.19. The van der Waals surface area contributed by atoms with Crippen LogP contribution < -0.4 is 22.1 Å². The third-order valence-electron chi connectivity index (χ3n) is 4.76. The molecule has 0 saturated carbocycles. The number of carbonyl (C=O) groups excluding carboxylic acids is 2. The Bertz CT molecular complexity index is 1130. The van der Waals surface area contributed by atoms with Crippen molar-refractivity contribution >= 4 is 40.6 Å². The first-order chi connectivity index (χ1) is 15.6. The van der Waals surface area contributed by atoms with Gasteiger partial charge in [-0.2, -0.15) is 0 Å². The summed E-state index contributed by atoms with van der Waals surface area (Å²) >= 11 is 6.02. The van der Waals surface area contributed by atoms with Crippen molar-refractivity contribution in [1.29, 1.82) is 0 Å². The minimum Gasteiger partial charge on any atom is -0.397 e. The molecule has 33 heavy (non-hydrogen) atoms. The Hall–Kier alpha value is -3.55. The van der Waals surface area contributed by atoms with Crippen molar-refractivity contribution in [3.05, 3.63) is 88.9 Å². The van der Waals surface area contributed by atoms with Crippen LogP contribution in [0.4, 0.5) is 21.9 Å². The first-order valence-electron chi connectivity index (χ1n) is 10.5. The molecular weight excluding hydrogens is 438 g/mol. The Kier molecular flexibility index (Phi) is 7.58. The third-order valence-corrected chi connectivity index (χ3v) is 5.00. The number of anilines is 3. The number of benzene rings is 3. The molecular formula is C25H28ClN5O2. The summed E-state index contributed by atoms with van der Waals surface area (Å²) in [4.78, 5) is 27.1. The molecule has 0 aromatic heterocycles. The summed E-state index contributed by atoms with van der Waals surface area (Å²) < 4.78 is 0. The van der Waals surface area contributed by atoms with Gasteiger partial charge in [0.2, 0.25) is 0 Å². The smallest absolute Gasteiger partial charge is 0.322 e. The molecule has 0 spiro atoms. The highest BCUT2D eigenvalue weighted by atomic mass is 35.5. The Labute approximate surface area is 198 Å². The lowest BCUT2D eigenvalue weighted by atomic mass is 10.1. The fourth-order valence-corrected chi connectivity index (χ4v) is 3.44. The van der Waals surface area contributed by atoms with Gasteiger partial charge in [-0.3, -0.25) is 4.79 Å². The monoisotopic (exact) mass is 465 g/mol. The van der Waals surface area contributed by atoms with E-state index in [1.807, 2.05) is 26.0 Å². The van der Waals surface area contributed by atoms with Crippen LogP contribution in [0, 0.1) is 0 Å². The SMILES string of the molecule is CC(C)(N)CN(Cc1ccc(C(=O)Nc2ccccc2N)cc1)C(=O)Nc1cccc(Cl)c1. The van der Waals surface area contributed by atoms with E-state index in [9.17, 15) is 9.59 Å². The molecule has 8 heteroatoms. The van der Waals surface area contributed by atoms with Crippen molar-refractivity contribution in [1.82, 2.24) is 4.90 Å². The molecule has 0 fully saturated rings. The van der Waals surface area contributed by atoms with E-state index in [1.165, 1.54) is 0 Å². The van der Waals surface area contributed by atoms with Crippen molar-refractivity contribution in [2.24, 2.45) is 5.73 Å². The topological polar surface area (TPSA) is 113 Å². The molecule has 0 bridgehead atoms. The first kappa shape index (κ1) is 24.1. The van der Waals surface area contributed by atoms with Crippen LogP contribution in [-0.4, -0.2) is 28.9 Å². The van der Waals surface area contributed by atoms with Crippen LogP contribution in [0.2, 0.25) is 5.02 Å². The zero-order valence-electron chi connectivity index (χ0n) is 18.6. The predicted octanol–water partition coefficient (Wildman–Crippen LogP) is 4.95. The summed E-state index contributed by atoms with van der Waals surface area (Å²) in [6, 6.07) is 20.8. The zero-order chi connectivity index (χ0) is 24.0. The highest BCUT2D eigenvalue weighted by Crippen LogP contribution is 2.19. The quantitative estimate of drug-likeness (QED) is 0.370. The number of carbonyl (C=O) groups is 2. The van der Waals surface area contributed by atoms with E-state index >= 15 is 0 Å². The Balaban J connectivity index is 1.71.